The third kappa shape index (κ3) is 2.00. The number of rotatable bonds is 3. The molecule has 0 saturated carbocycles. The Bertz CT molecular complexity index is 450. The number of imidazole rings is 1. The van der Waals surface area contributed by atoms with Gasteiger partial charge in [0, 0.05) is 13.5 Å². The second-order valence-corrected chi connectivity index (χ2v) is 4.88. The molecule has 0 unspecified atom stereocenters. The lowest BCUT2D eigenvalue weighted by Crippen LogP contribution is -2.00. The van der Waals surface area contributed by atoms with Crippen LogP contribution in [-0.4, -0.2) is 21.3 Å². The number of hydrogen-bond donors (Lipinski definition) is 1. The van der Waals surface area contributed by atoms with Gasteiger partial charge < -0.3 is 9.67 Å². The van der Waals surface area contributed by atoms with Crippen LogP contribution in [0.3, 0.4) is 0 Å². The van der Waals surface area contributed by atoms with Crippen molar-refractivity contribution >= 4 is 27.3 Å². The zero-order chi connectivity index (χ0) is 10.8. The fraction of sp³-hybridized carbons (Fsp3) is 0.300. The van der Waals surface area contributed by atoms with E-state index < -0.39 is 0 Å². The minimum atomic E-state index is 0.126. The van der Waals surface area contributed by atoms with Crippen molar-refractivity contribution in [1.29, 1.82) is 0 Å². The Morgan fingerprint density at radius 1 is 1.60 bits per heavy atom. The molecule has 2 rings (SSSR count). The van der Waals surface area contributed by atoms with Crippen molar-refractivity contribution in [2.75, 3.05) is 6.61 Å². The van der Waals surface area contributed by atoms with Gasteiger partial charge in [-0.05, 0) is 27.4 Å². The maximum absolute atomic E-state index is 8.91. The van der Waals surface area contributed by atoms with Crippen LogP contribution in [0.5, 0.6) is 0 Å². The summed E-state index contributed by atoms with van der Waals surface area (Å²) in [7, 11) is 1.94. The number of aliphatic hydroxyl groups excluding tert-OH is 1. The van der Waals surface area contributed by atoms with Crippen molar-refractivity contribution in [1.82, 2.24) is 9.55 Å². The zero-order valence-corrected chi connectivity index (χ0v) is 10.7. The topological polar surface area (TPSA) is 38.0 Å². The Labute approximate surface area is 101 Å². The predicted octanol–water partition coefficient (Wildman–Crippen LogP) is 2.45. The van der Waals surface area contributed by atoms with Gasteiger partial charge in [-0.25, -0.2) is 4.98 Å². The molecule has 0 aromatic carbocycles. The highest BCUT2D eigenvalue weighted by Gasteiger charge is 2.14. The van der Waals surface area contributed by atoms with Gasteiger partial charge in [0.25, 0.3) is 0 Å². The summed E-state index contributed by atoms with van der Waals surface area (Å²) in [5.74, 6) is 0.896. The Kier molecular flexibility index (Phi) is 3.23. The first kappa shape index (κ1) is 10.9. The summed E-state index contributed by atoms with van der Waals surface area (Å²) in [6.07, 6.45) is 0.584. The predicted molar refractivity (Wildman–Crippen MR) is 65.0 cm³/mol. The third-order valence-electron chi connectivity index (χ3n) is 2.21. The first-order chi connectivity index (χ1) is 7.24. The van der Waals surface area contributed by atoms with E-state index in [2.05, 4.69) is 20.9 Å². The standard InChI is InChI=1S/C10H11BrN2OS/c1-13-8(4-5-14)12-9(10(13)11)7-3-2-6-15-7/h2-3,6,14H,4-5H2,1H3. The second-order valence-electron chi connectivity index (χ2n) is 3.18. The van der Waals surface area contributed by atoms with Crippen molar-refractivity contribution < 1.29 is 5.11 Å². The van der Waals surface area contributed by atoms with Gasteiger partial charge in [0.1, 0.15) is 16.1 Å². The Morgan fingerprint density at radius 3 is 3.00 bits per heavy atom. The van der Waals surface area contributed by atoms with E-state index in [9.17, 15) is 0 Å². The Morgan fingerprint density at radius 2 is 2.40 bits per heavy atom. The van der Waals surface area contributed by atoms with Crippen LogP contribution in [0, 0.1) is 0 Å². The number of aliphatic hydroxyl groups is 1. The molecule has 2 aromatic rings. The normalized spacial score (nSPS) is 10.9. The summed E-state index contributed by atoms with van der Waals surface area (Å²) in [6, 6.07) is 4.05. The van der Waals surface area contributed by atoms with Gasteiger partial charge in [-0.15, -0.1) is 11.3 Å². The van der Waals surface area contributed by atoms with Crippen molar-refractivity contribution in [2.45, 2.75) is 6.42 Å². The molecule has 2 heterocycles. The molecule has 5 heteroatoms. The van der Waals surface area contributed by atoms with E-state index >= 15 is 0 Å². The van der Waals surface area contributed by atoms with E-state index in [0.717, 1.165) is 21.0 Å². The molecule has 0 spiro atoms. The maximum Gasteiger partial charge on any atom is 0.113 e. The summed E-state index contributed by atoms with van der Waals surface area (Å²) in [4.78, 5) is 5.65. The van der Waals surface area contributed by atoms with Crippen LogP contribution in [0.1, 0.15) is 5.82 Å². The third-order valence-corrected chi connectivity index (χ3v) is 3.99. The molecule has 0 aliphatic rings. The second kappa shape index (κ2) is 4.47. The van der Waals surface area contributed by atoms with Crippen LogP contribution >= 0.6 is 27.3 Å². The molecule has 0 radical (unpaired) electrons. The molecule has 1 N–H and O–H groups in total. The number of aromatic nitrogens is 2. The van der Waals surface area contributed by atoms with Gasteiger partial charge in [0.15, 0.2) is 0 Å². The first-order valence-electron chi connectivity index (χ1n) is 4.60. The lowest BCUT2D eigenvalue weighted by molar-refractivity contribution is 0.295. The quantitative estimate of drug-likeness (QED) is 0.941. The molecule has 0 aliphatic heterocycles. The number of thiophene rings is 1. The van der Waals surface area contributed by atoms with Crippen molar-refractivity contribution in [3.63, 3.8) is 0 Å². The molecule has 2 aromatic heterocycles. The van der Waals surface area contributed by atoms with Crippen molar-refractivity contribution in [3.8, 4) is 10.6 Å². The molecule has 0 aliphatic carbocycles. The minimum absolute atomic E-state index is 0.126. The molecule has 0 amide bonds. The van der Waals surface area contributed by atoms with Crippen molar-refractivity contribution in [3.05, 3.63) is 27.9 Å². The highest BCUT2D eigenvalue weighted by atomic mass is 79.9. The number of halogens is 1. The van der Waals surface area contributed by atoms with Crippen LogP contribution in [-0.2, 0) is 13.5 Å². The van der Waals surface area contributed by atoms with Crippen LogP contribution in [0.15, 0.2) is 22.1 Å². The van der Waals surface area contributed by atoms with E-state index in [1.165, 1.54) is 0 Å². The van der Waals surface area contributed by atoms with E-state index in [1.807, 2.05) is 29.1 Å². The largest absolute Gasteiger partial charge is 0.396 e. The monoisotopic (exact) mass is 286 g/mol. The van der Waals surface area contributed by atoms with Gasteiger partial charge in [-0.1, -0.05) is 6.07 Å². The highest BCUT2D eigenvalue weighted by Crippen LogP contribution is 2.31. The van der Waals surface area contributed by atoms with Gasteiger partial charge in [-0.3, -0.25) is 0 Å². The molecule has 3 nitrogen and oxygen atoms in total. The molecular weight excluding hydrogens is 276 g/mol. The molecule has 0 saturated heterocycles. The van der Waals surface area contributed by atoms with Crippen LogP contribution < -0.4 is 0 Å². The van der Waals surface area contributed by atoms with E-state index in [1.54, 1.807) is 11.3 Å². The zero-order valence-electron chi connectivity index (χ0n) is 8.27. The number of nitrogens with zero attached hydrogens (tertiary/aromatic N) is 2. The maximum atomic E-state index is 8.91. The average Bonchev–Trinajstić information content (AvgIpc) is 2.82. The molecule has 0 fully saturated rings. The molecular formula is C10H11BrN2OS. The summed E-state index contributed by atoms with van der Waals surface area (Å²) < 4.78 is 2.93. The Balaban J connectivity index is 2.45. The lowest BCUT2D eigenvalue weighted by Gasteiger charge is -1.98. The highest BCUT2D eigenvalue weighted by molar-refractivity contribution is 9.10. The van der Waals surface area contributed by atoms with Crippen molar-refractivity contribution in [2.24, 2.45) is 7.05 Å². The summed E-state index contributed by atoms with van der Waals surface area (Å²) >= 11 is 5.18. The summed E-state index contributed by atoms with van der Waals surface area (Å²) in [5.41, 5.74) is 0.955. The van der Waals surface area contributed by atoms with Gasteiger partial charge in [0.2, 0.25) is 0 Å². The fourth-order valence-electron chi connectivity index (χ4n) is 1.42. The summed E-state index contributed by atoms with van der Waals surface area (Å²) in [5, 5.41) is 10.9. The van der Waals surface area contributed by atoms with E-state index in [0.29, 0.717) is 6.42 Å². The van der Waals surface area contributed by atoms with E-state index in [4.69, 9.17) is 5.11 Å². The van der Waals surface area contributed by atoms with Crippen LogP contribution in [0.25, 0.3) is 10.6 Å². The average molecular weight is 287 g/mol. The Hall–Kier alpha value is -0.650. The molecule has 80 valence electrons. The molecule has 0 bridgehead atoms. The van der Waals surface area contributed by atoms with Gasteiger partial charge in [0.05, 0.1) is 11.5 Å². The van der Waals surface area contributed by atoms with E-state index in [-0.39, 0.29) is 6.61 Å². The lowest BCUT2D eigenvalue weighted by atomic mass is 10.4. The fourth-order valence-corrected chi connectivity index (χ4v) is 2.77. The smallest absolute Gasteiger partial charge is 0.113 e. The van der Waals surface area contributed by atoms with Crippen LogP contribution in [0.4, 0.5) is 0 Å². The van der Waals surface area contributed by atoms with Crippen LogP contribution in [0.2, 0.25) is 0 Å². The SMILES string of the molecule is Cn1c(CCO)nc(-c2cccs2)c1Br. The summed E-state index contributed by atoms with van der Waals surface area (Å²) in [6.45, 7) is 0.126. The van der Waals surface area contributed by atoms with Gasteiger partial charge in [-0.2, -0.15) is 0 Å². The molecule has 0 atom stereocenters. The first-order valence-corrected chi connectivity index (χ1v) is 6.27. The van der Waals surface area contributed by atoms with Gasteiger partial charge >= 0.3 is 0 Å². The number of hydrogen-bond acceptors (Lipinski definition) is 3. The minimum Gasteiger partial charge on any atom is -0.396 e. The molecule has 15 heavy (non-hydrogen) atoms.